The lowest BCUT2D eigenvalue weighted by Gasteiger charge is -2.36. The first-order chi connectivity index (χ1) is 12.7. The molecule has 1 aromatic carbocycles. The van der Waals surface area contributed by atoms with Crippen molar-refractivity contribution in [2.24, 2.45) is 0 Å². The molecule has 1 saturated heterocycles. The number of hydrogen-bond acceptors (Lipinski definition) is 5. The second kappa shape index (κ2) is 7.58. The summed E-state index contributed by atoms with van der Waals surface area (Å²) in [7, 11) is 0. The van der Waals surface area contributed by atoms with Crippen LogP contribution in [0.5, 0.6) is 0 Å². The van der Waals surface area contributed by atoms with Crippen molar-refractivity contribution in [3.8, 4) is 0 Å². The second-order valence-corrected chi connectivity index (χ2v) is 7.09. The third-order valence-electron chi connectivity index (χ3n) is 5.30. The molecule has 0 amide bonds. The van der Waals surface area contributed by atoms with E-state index in [1.807, 2.05) is 18.3 Å². The number of benzene rings is 1. The molecule has 2 aliphatic rings. The van der Waals surface area contributed by atoms with Crippen LogP contribution in [0.1, 0.15) is 24.6 Å². The third-order valence-corrected chi connectivity index (χ3v) is 5.30. The minimum absolute atomic E-state index is 0.150. The van der Waals surface area contributed by atoms with Gasteiger partial charge in [-0.1, -0.05) is 19.1 Å². The van der Waals surface area contributed by atoms with Gasteiger partial charge < -0.3 is 9.80 Å². The maximum Gasteiger partial charge on any atom is 0.225 e. The van der Waals surface area contributed by atoms with Gasteiger partial charge in [0.05, 0.1) is 11.4 Å². The van der Waals surface area contributed by atoms with Crippen molar-refractivity contribution >= 4 is 11.6 Å². The van der Waals surface area contributed by atoms with Crippen LogP contribution in [0.15, 0.2) is 30.5 Å². The predicted octanol–water partition coefficient (Wildman–Crippen LogP) is 2.71. The van der Waals surface area contributed by atoms with Gasteiger partial charge in [0.25, 0.3) is 0 Å². The molecular weight excluding hydrogens is 329 g/mol. The summed E-state index contributed by atoms with van der Waals surface area (Å²) in [6, 6.07) is 7.00. The summed E-state index contributed by atoms with van der Waals surface area (Å²) in [5.41, 5.74) is 3.15. The molecule has 5 nitrogen and oxygen atoms in total. The zero-order valence-electron chi connectivity index (χ0n) is 15.4. The van der Waals surface area contributed by atoms with E-state index in [1.165, 1.54) is 23.7 Å². The molecule has 3 heterocycles. The molecule has 2 aliphatic heterocycles. The lowest BCUT2D eigenvalue weighted by molar-refractivity contribution is 0.252. The Kier molecular flexibility index (Phi) is 5.02. The molecule has 138 valence electrons. The van der Waals surface area contributed by atoms with Crippen molar-refractivity contribution in [3.05, 3.63) is 47.5 Å². The first-order valence-electron chi connectivity index (χ1n) is 9.56. The summed E-state index contributed by atoms with van der Waals surface area (Å²) in [6.45, 7) is 8.60. The van der Waals surface area contributed by atoms with Gasteiger partial charge in [-0.25, -0.2) is 14.4 Å². The normalized spacial score (nSPS) is 18.1. The van der Waals surface area contributed by atoms with Crippen LogP contribution < -0.4 is 9.80 Å². The highest BCUT2D eigenvalue weighted by Crippen LogP contribution is 2.23. The molecule has 4 rings (SSSR count). The zero-order valence-corrected chi connectivity index (χ0v) is 15.4. The van der Waals surface area contributed by atoms with Crippen LogP contribution in [0.4, 0.5) is 16.0 Å². The van der Waals surface area contributed by atoms with Crippen molar-refractivity contribution in [1.29, 1.82) is 0 Å². The number of hydrogen-bond donors (Lipinski definition) is 0. The molecule has 2 aromatic rings. The Balaban J connectivity index is 1.42. The number of anilines is 2. The van der Waals surface area contributed by atoms with Gasteiger partial charge in [0, 0.05) is 57.4 Å². The van der Waals surface area contributed by atoms with Crippen molar-refractivity contribution in [3.63, 3.8) is 0 Å². The SMILES string of the molecule is CCCN1CCc2nc(N3CCN(c4ccccc4F)CC3)ncc2C1. The van der Waals surface area contributed by atoms with Crippen molar-refractivity contribution in [2.45, 2.75) is 26.3 Å². The Labute approximate surface area is 154 Å². The number of rotatable bonds is 4. The monoisotopic (exact) mass is 355 g/mol. The first kappa shape index (κ1) is 17.2. The minimum atomic E-state index is -0.150. The fourth-order valence-corrected chi connectivity index (χ4v) is 3.88. The average molecular weight is 355 g/mol. The Bertz CT molecular complexity index is 758. The molecule has 1 fully saturated rings. The van der Waals surface area contributed by atoms with E-state index in [4.69, 9.17) is 4.98 Å². The van der Waals surface area contributed by atoms with Crippen molar-refractivity contribution < 1.29 is 4.39 Å². The topological polar surface area (TPSA) is 35.5 Å². The molecule has 0 spiro atoms. The number of aromatic nitrogens is 2. The largest absolute Gasteiger partial charge is 0.366 e. The molecule has 0 aliphatic carbocycles. The highest BCUT2D eigenvalue weighted by Gasteiger charge is 2.23. The summed E-state index contributed by atoms with van der Waals surface area (Å²) < 4.78 is 14.0. The van der Waals surface area contributed by atoms with E-state index in [2.05, 4.69) is 26.6 Å². The molecule has 0 unspecified atom stereocenters. The number of halogens is 1. The zero-order chi connectivity index (χ0) is 17.9. The summed E-state index contributed by atoms with van der Waals surface area (Å²) >= 11 is 0. The third kappa shape index (κ3) is 3.51. The molecule has 6 heteroatoms. The van der Waals surface area contributed by atoms with E-state index in [0.717, 1.165) is 58.2 Å². The van der Waals surface area contributed by atoms with Crippen LogP contribution in [0.3, 0.4) is 0 Å². The molecular formula is C20H26FN5. The summed E-state index contributed by atoms with van der Waals surface area (Å²) in [4.78, 5) is 16.3. The summed E-state index contributed by atoms with van der Waals surface area (Å²) in [5.74, 6) is 0.670. The molecule has 0 bridgehead atoms. The van der Waals surface area contributed by atoms with E-state index < -0.39 is 0 Å². The first-order valence-corrected chi connectivity index (χ1v) is 9.56. The van der Waals surface area contributed by atoms with E-state index >= 15 is 0 Å². The Morgan fingerprint density at radius 2 is 1.81 bits per heavy atom. The smallest absolute Gasteiger partial charge is 0.225 e. The van der Waals surface area contributed by atoms with Crippen LogP contribution in [0.25, 0.3) is 0 Å². The van der Waals surface area contributed by atoms with Gasteiger partial charge >= 0.3 is 0 Å². The highest BCUT2D eigenvalue weighted by atomic mass is 19.1. The van der Waals surface area contributed by atoms with Gasteiger partial charge in [0.2, 0.25) is 5.95 Å². The number of para-hydroxylation sites is 1. The van der Waals surface area contributed by atoms with Gasteiger partial charge in [-0.3, -0.25) is 4.90 Å². The van der Waals surface area contributed by atoms with E-state index in [-0.39, 0.29) is 5.82 Å². The van der Waals surface area contributed by atoms with Crippen LogP contribution in [0.2, 0.25) is 0 Å². The molecule has 1 aromatic heterocycles. The summed E-state index contributed by atoms with van der Waals surface area (Å²) in [5, 5.41) is 0. The number of fused-ring (bicyclic) bond motifs is 1. The standard InChI is InChI=1S/C20H26FN5/c1-2-8-24-9-7-18-16(15-24)14-22-20(23-18)26-12-10-25(11-13-26)19-6-4-3-5-17(19)21/h3-6,14H,2,7-13,15H2,1H3. The van der Waals surface area contributed by atoms with Gasteiger partial charge in [0.15, 0.2) is 0 Å². The van der Waals surface area contributed by atoms with E-state index in [0.29, 0.717) is 5.69 Å². The Morgan fingerprint density at radius 1 is 1.04 bits per heavy atom. The maximum atomic E-state index is 14.0. The molecule has 0 saturated carbocycles. The van der Waals surface area contributed by atoms with Crippen molar-refractivity contribution in [2.75, 3.05) is 49.1 Å². The van der Waals surface area contributed by atoms with Crippen LogP contribution >= 0.6 is 0 Å². The quantitative estimate of drug-likeness (QED) is 0.843. The number of nitrogens with zero attached hydrogens (tertiary/aromatic N) is 5. The lowest BCUT2D eigenvalue weighted by atomic mass is 10.1. The predicted molar refractivity (Wildman–Crippen MR) is 102 cm³/mol. The van der Waals surface area contributed by atoms with Gasteiger partial charge in [0.1, 0.15) is 5.82 Å². The van der Waals surface area contributed by atoms with Crippen LogP contribution in [-0.2, 0) is 13.0 Å². The molecule has 0 radical (unpaired) electrons. The fraction of sp³-hybridized carbons (Fsp3) is 0.500. The lowest BCUT2D eigenvalue weighted by Crippen LogP contribution is -2.47. The minimum Gasteiger partial charge on any atom is -0.366 e. The van der Waals surface area contributed by atoms with E-state index in [9.17, 15) is 4.39 Å². The summed E-state index contributed by atoms with van der Waals surface area (Å²) in [6.07, 6.45) is 4.18. The van der Waals surface area contributed by atoms with Gasteiger partial charge in [-0.15, -0.1) is 0 Å². The average Bonchev–Trinajstić information content (AvgIpc) is 2.68. The Morgan fingerprint density at radius 3 is 2.58 bits per heavy atom. The van der Waals surface area contributed by atoms with Crippen molar-refractivity contribution in [1.82, 2.24) is 14.9 Å². The Hall–Kier alpha value is -2.21. The molecule has 0 atom stereocenters. The van der Waals surface area contributed by atoms with Crippen LogP contribution in [-0.4, -0.2) is 54.1 Å². The van der Waals surface area contributed by atoms with Gasteiger partial charge in [-0.2, -0.15) is 0 Å². The molecule has 0 N–H and O–H groups in total. The second-order valence-electron chi connectivity index (χ2n) is 7.09. The highest BCUT2D eigenvalue weighted by molar-refractivity contribution is 5.49. The molecule has 26 heavy (non-hydrogen) atoms. The van der Waals surface area contributed by atoms with E-state index in [1.54, 1.807) is 6.07 Å². The fourth-order valence-electron chi connectivity index (χ4n) is 3.88. The number of piperazine rings is 1. The van der Waals surface area contributed by atoms with Gasteiger partial charge in [-0.05, 0) is 25.1 Å². The maximum absolute atomic E-state index is 14.0. The van der Waals surface area contributed by atoms with Crippen LogP contribution in [0, 0.1) is 5.82 Å².